The standard InChI is InChI=1S/C18H6Cl2N2O4S/c19-11-5-8-9(6-12(11)20)15(24)10(14(8)23)3-7-4-13-16(25-7)22-17(26-13)18-21-1-2-27-18/h1-6H. The maximum absolute atomic E-state index is 12.6. The van der Waals surface area contributed by atoms with E-state index in [1.807, 2.05) is 5.38 Å². The van der Waals surface area contributed by atoms with Gasteiger partial charge in [-0.05, 0) is 18.2 Å². The molecule has 6 nitrogen and oxygen atoms in total. The molecule has 0 unspecified atom stereocenters. The summed E-state index contributed by atoms with van der Waals surface area (Å²) in [4.78, 5) is 33.5. The summed E-state index contributed by atoms with van der Waals surface area (Å²) in [6, 6.07) is 4.36. The largest absolute Gasteiger partial charge is 0.436 e. The van der Waals surface area contributed by atoms with Gasteiger partial charge in [0.05, 0.1) is 15.6 Å². The molecule has 3 aromatic heterocycles. The molecule has 3 heterocycles. The summed E-state index contributed by atoms with van der Waals surface area (Å²) < 4.78 is 11.2. The Hall–Kier alpha value is -2.74. The lowest BCUT2D eigenvalue weighted by Gasteiger charge is -1.98. The van der Waals surface area contributed by atoms with Crippen molar-refractivity contribution in [2.45, 2.75) is 0 Å². The first kappa shape index (κ1) is 16.4. The molecule has 0 spiro atoms. The number of Topliss-reactive ketones (excluding diaryl/α,β-unsaturated/α-hetero) is 2. The first-order valence-electron chi connectivity index (χ1n) is 7.61. The van der Waals surface area contributed by atoms with Crippen LogP contribution in [0.3, 0.4) is 0 Å². The van der Waals surface area contributed by atoms with Crippen LogP contribution in [0.25, 0.3) is 28.3 Å². The Bertz CT molecular complexity index is 1210. The van der Waals surface area contributed by atoms with Gasteiger partial charge in [-0.15, -0.1) is 11.3 Å². The summed E-state index contributed by atoms with van der Waals surface area (Å²) in [7, 11) is 0. The van der Waals surface area contributed by atoms with Gasteiger partial charge < -0.3 is 8.83 Å². The second-order valence-corrected chi connectivity index (χ2v) is 7.41. The van der Waals surface area contributed by atoms with E-state index in [-0.39, 0.29) is 38.2 Å². The number of furan rings is 1. The van der Waals surface area contributed by atoms with Crippen LogP contribution in [0.5, 0.6) is 0 Å². The first-order chi connectivity index (χ1) is 13.0. The highest BCUT2D eigenvalue weighted by Crippen LogP contribution is 2.35. The minimum absolute atomic E-state index is 0.0279. The average molecular weight is 417 g/mol. The van der Waals surface area contributed by atoms with Gasteiger partial charge in [0.25, 0.3) is 11.6 Å². The molecule has 5 rings (SSSR count). The van der Waals surface area contributed by atoms with Crippen molar-refractivity contribution in [1.29, 1.82) is 0 Å². The number of ketones is 2. The Morgan fingerprint density at radius 2 is 1.70 bits per heavy atom. The zero-order valence-electron chi connectivity index (χ0n) is 13.2. The molecule has 1 aromatic carbocycles. The topological polar surface area (TPSA) is 86.2 Å². The molecule has 0 radical (unpaired) electrons. The summed E-state index contributed by atoms with van der Waals surface area (Å²) in [5.41, 5.74) is 1.07. The van der Waals surface area contributed by atoms with Gasteiger partial charge >= 0.3 is 0 Å². The fourth-order valence-corrected chi connectivity index (χ4v) is 3.72. The number of allylic oxidation sites excluding steroid dienone is 1. The minimum Gasteiger partial charge on any atom is -0.436 e. The maximum Gasteiger partial charge on any atom is 0.266 e. The quantitative estimate of drug-likeness (QED) is 0.324. The number of halogens is 2. The molecule has 27 heavy (non-hydrogen) atoms. The van der Waals surface area contributed by atoms with Gasteiger partial charge in [0.2, 0.25) is 0 Å². The molecule has 0 bridgehead atoms. The molecule has 1 aliphatic carbocycles. The second-order valence-electron chi connectivity index (χ2n) is 5.70. The van der Waals surface area contributed by atoms with Crippen LogP contribution in [-0.2, 0) is 0 Å². The van der Waals surface area contributed by atoms with E-state index in [1.54, 1.807) is 12.3 Å². The summed E-state index contributed by atoms with van der Waals surface area (Å²) in [6.45, 7) is 0. The Morgan fingerprint density at radius 3 is 2.30 bits per heavy atom. The molecule has 132 valence electrons. The zero-order valence-corrected chi connectivity index (χ0v) is 15.5. The molecule has 0 saturated carbocycles. The van der Waals surface area contributed by atoms with Gasteiger partial charge in [-0.25, -0.2) is 4.98 Å². The van der Waals surface area contributed by atoms with Crippen LogP contribution in [0.2, 0.25) is 10.0 Å². The van der Waals surface area contributed by atoms with Gasteiger partial charge in [-0.1, -0.05) is 23.2 Å². The van der Waals surface area contributed by atoms with E-state index in [1.165, 1.54) is 29.5 Å². The molecule has 0 atom stereocenters. The number of thiazole rings is 1. The summed E-state index contributed by atoms with van der Waals surface area (Å²) >= 11 is 13.3. The highest BCUT2D eigenvalue weighted by Gasteiger charge is 2.34. The van der Waals surface area contributed by atoms with E-state index < -0.39 is 11.6 Å². The van der Waals surface area contributed by atoms with E-state index in [2.05, 4.69) is 9.97 Å². The average Bonchev–Trinajstić information content (AvgIpc) is 3.38. The number of rotatable bonds is 2. The minimum atomic E-state index is -0.432. The lowest BCUT2D eigenvalue weighted by atomic mass is 10.1. The lowest BCUT2D eigenvalue weighted by molar-refractivity contribution is 0.0990. The summed E-state index contributed by atoms with van der Waals surface area (Å²) in [6.07, 6.45) is 3.02. The third-order valence-corrected chi connectivity index (χ3v) is 5.53. The molecule has 4 aromatic rings. The predicted octanol–water partition coefficient (Wildman–Crippen LogP) is 5.31. The first-order valence-corrected chi connectivity index (χ1v) is 9.25. The number of nitrogens with zero attached hydrogens (tertiary/aromatic N) is 2. The number of aromatic nitrogens is 2. The second kappa shape index (κ2) is 5.88. The Balaban J connectivity index is 1.54. The maximum atomic E-state index is 12.6. The highest BCUT2D eigenvalue weighted by molar-refractivity contribution is 7.12. The van der Waals surface area contributed by atoms with Gasteiger partial charge in [0.1, 0.15) is 5.76 Å². The third-order valence-electron chi connectivity index (χ3n) is 4.05. The Labute approximate surface area is 165 Å². The van der Waals surface area contributed by atoms with Crippen molar-refractivity contribution in [3.63, 3.8) is 0 Å². The SMILES string of the molecule is O=C1C(=Cc2cc3oc(-c4nccs4)nc3o2)C(=O)c2cc(Cl)c(Cl)cc21. The van der Waals surface area contributed by atoms with E-state index in [0.29, 0.717) is 16.5 Å². The molecule has 0 N–H and O–H groups in total. The van der Waals surface area contributed by atoms with Gasteiger partial charge in [-0.3, -0.25) is 9.59 Å². The van der Waals surface area contributed by atoms with Crippen LogP contribution < -0.4 is 0 Å². The fraction of sp³-hybridized carbons (Fsp3) is 0. The van der Waals surface area contributed by atoms with Crippen LogP contribution in [0.4, 0.5) is 0 Å². The Morgan fingerprint density at radius 1 is 1.00 bits per heavy atom. The van der Waals surface area contributed by atoms with Crippen molar-refractivity contribution in [3.8, 4) is 10.9 Å². The van der Waals surface area contributed by atoms with E-state index in [9.17, 15) is 9.59 Å². The number of hydrogen-bond acceptors (Lipinski definition) is 7. The number of carbonyl (C=O) groups is 2. The molecule has 0 aliphatic heterocycles. The van der Waals surface area contributed by atoms with Crippen LogP contribution in [0.15, 0.2) is 44.2 Å². The van der Waals surface area contributed by atoms with E-state index in [4.69, 9.17) is 32.0 Å². The molecule has 0 fully saturated rings. The highest BCUT2D eigenvalue weighted by atomic mass is 35.5. The summed E-state index contributed by atoms with van der Waals surface area (Å²) in [5, 5.41) is 2.87. The van der Waals surface area contributed by atoms with Crippen LogP contribution >= 0.6 is 34.5 Å². The van der Waals surface area contributed by atoms with Crippen LogP contribution in [0, 0.1) is 0 Å². The van der Waals surface area contributed by atoms with Gasteiger partial charge in [0.15, 0.2) is 22.2 Å². The normalized spacial score (nSPS) is 13.6. The smallest absolute Gasteiger partial charge is 0.266 e. The zero-order chi connectivity index (χ0) is 18.7. The summed E-state index contributed by atoms with van der Waals surface area (Å²) in [5.74, 6) is -0.234. The molecule has 1 aliphatic rings. The van der Waals surface area contributed by atoms with E-state index >= 15 is 0 Å². The number of hydrogen-bond donors (Lipinski definition) is 0. The fourth-order valence-electron chi connectivity index (χ4n) is 2.83. The Kier molecular flexibility index (Phi) is 3.58. The molecular weight excluding hydrogens is 411 g/mol. The van der Waals surface area contributed by atoms with Crippen LogP contribution in [0.1, 0.15) is 26.5 Å². The third kappa shape index (κ3) is 2.55. The molecular formula is C18H6Cl2N2O4S. The lowest BCUT2D eigenvalue weighted by Crippen LogP contribution is -1.99. The number of oxazole rings is 1. The molecule has 9 heteroatoms. The number of fused-ring (bicyclic) bond motifs is 2. The van der Waals surface area contributed by atoms with Crippen molar-refractivity contribution in [2.24, 2.45) is 0 Å². The van der Waals surface area contributed by atoms with Crippen LogP contribution in [-0.4, -0.2) is 21.5 Å². The van der Waals surface area contributed by atoms with Gasteiger partial charge in [0, 0.05) is 28.8 Å². The van der Waals surface area contributed by atoms with Gasteiger partial charge in [-0.2, -0.15) is 4.98 Å². The van der Waals surface area contributed by atoms with Crippen molar-refractivity contribution >= 4 is 63.5 Å². The van der Waals surface area contributed by atoms with Crippen molar-refractivity contribution in [2.75, 3.05) is 0 Å². The number of benzene rings is 1. The molecule has 0 saturated heterocycles. The van der Waals surface area contributed by atoms with E-state index in [0.717, 1.165) is 0 Å². The monoisotopic (exact) mass is 416 g/mol. The van der Waals surface area contributed by atoms with Crippen molar-refractivity contribution in [3.05, 3.63) is 62.3 Å². The number of carbonyl (C=O) groups excluding carboxylic acids is 2. The predicted molar refractivity (Wildman–Crippen MR) is 100 cm³/mol. The van der Waals surface area contributed by atoms with Crippen molar-refractivity contribution < 1.29 is 18.4 Å². The van der Waals surface area contributed by atoms with Crippen molar-refractivity contribution in [1.82, 2.24) is 9.97 Å². The molecule has 0 amide bonds.